The van der Waals surface area contributed by atoms with Crippen LogP contribution in [0.3, 0.4) is 0 Å². The Morgan fingerprint density at radius 3 is 2.41 bits per heavy atom. The Hall–Kier alpha value is -4.01. The Morgan fingerprint density at radius 1 is 1.04 bits per heavy atom. The highest BCUT2D eigenvalue weighted by Crippen LogP contribution is 2.28. The summed E-state index contributed by atoms with van der Waals surface area (Å²) in [6.45, 7) is 0. The number of amides is 1. The molecule has 0 aliphatic carbocycles. The number of benzene rings is 1. The van der Waals surface area contributed by atoms with Gasteiger partial charge in [-0.15, -0.1) is 0 Å². The number of rotatable bonds is 4. The zero-order valence-corrected chi connectivity index (χ0v) is 14.1. The number of pyridine rings is 1. The van der Waals surface area contributed by atoms with E-state index < -0.39 is 29.2 Å². The predicted molar refractivity (Wildman–Crippen MR) is 94.3 cm³/mol. The van der Waals surface area contributed by atoms with Gasteiger partial charge in [0.05, 0.1) is 12.7 Å². The monoisotopic (exact) mass is 366 g/mol. The molecule has 0 spiro atoms. The first kappa shape index (κ1) is 17.8. The van der Waals surface area contributed by atoms with Gasteiger partial charge in [-0.2, -0.15) is 4.98 Å². The lowest BCUT2D eigenvalue weighted by atomic mass is 10.2. The number of hydrogen-bond acceptors (Lipinski definition) is 8. The van der Waals surface area contributed by atoms with Crippen LogP contribution >= 0.6 is 0 Å². The van der Waals surface area contributed by atoms with Crippen LogP contribution in [0.4, 0.5) is 5.69 Å². The highest BCUT2D eigenvalue weighted by atomic mass is 16.5. The molecule has 0 aliphatic rings. The summed E-state index contributed by atoms with van der Waals surface area (Å²) in [6, 6.07) is 10.9. The number of ether oxygens (including phenoxy) is 1. The molecule has 1 amide bonds. The molecule has 0 saturated heterocycles. The molecule has 136 valence electrons. The molecule has 9 nitrogen and oxygen atoms in total. The number of esters is 1. The molecule has 0 atom stereocenters. The number of carbonyl (C=O) groups is 2. The van der Waals surface area contributed by atoms with Crippen LogP contribution in [0.25, 0.3) is 11.5 Å². The van der Waals surface area contributed by atoms with Gasteiger partial charge >= 0.3 is 5.97 Å². The van der Waals surface area contributed by atoms with Crippen molar-refractivity contribution in [2.24, 2.45) is 0 Å². The van der Waals surface area contributed by atoms with Crippen LogP contribution in [0.1, 0.15) is 20.8 Å². The van der Waals surface area contributed by atoms with Crippen LogP contribution in [0.15, 0.2) is 48.7 Å². The van der Waals surface area contributed by atoms with Crippen LogP contribution in [-0.2, 0) is 4.74 Å². The van der Waals surface area contributed by atoms with Crippen molar-refractivity contribution in [3.05, 3.63) is 59.9 Å². The second-order valence-corrected chi connectivity index (χ2v) is 5.31. The van der Waals surface area contributed by atoms with E-state index in [0.29, 0.717) is 16.9 Å². The molecule has 3 aromatic rings. The van der Waals surface area contributed by atoms with Crippen molar-refractivity contribution in [3.8, 4) is 23.1 Å². The molecule has 27 heavy (non-hydrogen) atoms. The van der Waals surface area contributed by atoms with E-state index in [4.69, 9.17) is 0 Å². The molecule has 0 bridgehead atoms. The van der Waals surface area contributed by atoms with Crippen molar-refractivity contribution in [1.29, 1.82) is 0 Å². The van der Waals surface area contributed by atoms with Gasteiger partial charge in [-0.3, -0.25) is 9.78 Å². The molecule has 9 heteroatoms. The van der Waals surface area contributed by atoms with Crippen molar-refractivity contribution in [2.75, 3.05) is 12.4 Å². The van der Waals surface area contributed by atoms with E-state index in [9.17, 15) is 19.8 Å². The number of methoxy groups -OCH3 is 1. The normalized spacial score (nSPS) is 10.3. The first-order chi connectivity index (χ1) is 13.0. The van der Waals surface area contributed by atoms with Gasteiger partial charge in [-0.1, -0.05) is 6.07 Å². The summed E-state index contributed by atoms with van der Waals surface area (Å²) in [5.41, 5.74) is 0.574. The van der Waals surface area contributed by atoms with Crippen molar-refractivity contribution in [3.63, 3.8) is 0 Å². The summed E-state index contributed by atoms with van der Waals surface area (Å²) in [6.07, 6.45) is 1.51. The highest BCUT2D eigenvalue weighted by molar-refractivity contribution is 6.05. The molecule has 3 N–H and O–H groups in total. The second kappa shape index (κ2) is 7.48. The zero-order valence-electron chi connectivity index (χ0n) is 14.1. The molecule has 0 radical (unpaired) electrons. The predicted octanol–water partition coefficient (Wildman–Crippen LogP) is 1.99. The van der Waals surface area contributed by atoms with Crippen LogP contribution < -0.4 is 5.32 Å². The fraction of sp³-hybridized carbons (Fsp3) is 0.0556. The molecular formula is C18H14N4O5. The third-order valence-electron chi connectivity index (χ3n) is 3.54. The summed E-state index contributed by atoms with van der Waals surface area (Å²) in [5, 5.41) is 22.3. The largest absolute Gasteiger partial charge is 0.501 e. The van der Waals surface area contributed by atoms with E-state index in [1.807, 2.05) is 0 Å². The number of aromatic nitrogens is 3. The molecular weight excluding hydrogens is 352 g/mol. The molecule has 3 rings (SSSR count). The zero-order chi connectivity index (χ0) is 19.4. The standard InChI is InChI=1S/C18H14N4O5/c1-27-18(26)10-5-7-11(8-6-10)20-16(24)13-14(23)17(25)22-15(21-13)12-4-2-3-9-19-12/h2-9,23H,1H3,(H,20,24)(H,21,22,25). The highest BCUT2D eigenvalue weighted by Gasteiger charge is 2.21. The van der Waals surface area contributed by atoms with E-state index in [0.717, 1.165) is 0 Å². The van der Waals surface area contributed by atoms with Gasteiger partial charge in [0.2, 0.25) is 5.75 Å². The Balaban J connectivity index is 1.88. The number of hydrogen-bond donors (Lipinski definition) is 3. The van der Waals surface area contributed by atoms with Crippen LogP contribution in [-0.4, -0.2) is 44.2 Å². The summed E-state index contributed by atoms with van der Waals surface area (Å²) >= 11 is 0. The molecule has 2 aromatic heterocycles. The van der Waals surface area contributed by atoms with Gasteiger partial charge in [0.1, 0.15) is 5.69 Å². The quantitative estimate of drug-likeness (QED) is 0.597. The molecule has 0 unspecified atom stereocenters. The van der Waals surface area contributed by atoms with E-state index in [1.54, 1.807) is 18.2 Å². The van der Waals surface area contributed by atoms with E-state index in [1.165, 1.54) is 37.6 Å². The maximum atomic E-state index is 12.5. The molecule has 1 aromatic carbocycles. The lowest BCUT2D eigenvalue weighted by Crippen LogP contribution is -2.15. The second-order valence-electron chi connectivity index (χ2n) is 5.31. The Morgan fingerprint density at radius 2 is 1.78 bits per heavy atom. The molecule has 0 aliphatic heterocycles. The smallest absolute Gasteiger partial charge is 0.337 e. The summed E-state index contributed by atoms with van der Waals surface area (Å²) in [5.74, 6) is -2.79. The van der Waals surface area contributed by atoms with Crippen LogP contribution in [0.2, 0.25) is 0 Å². The number of carbonyl (C=O) groups excluding carboxylic acids is 2. The molecule has 0 saturated carbocycles. The average molecular weight is 366 g/mol. The minimum absolute atomic E-state index is 0.0166. The number of nitrogens with one attached hydrogen (secondary N) is 1. The Kier molecular flexibility index (Phi) is 4.93. The third kappa shape index (κ3) is 3.82. The van der Waals surface area contributed by atoms with Gasteiger partial charge in [0.15, 0.2) is 11.5 Å². The Labute approximate surface area is 153 Å². The summed E-state index contributed by atoms with van der Waals surface area (Å²) in [4.78, 5) is 35.7. The third-order valence-corrected chi connectivity index (χ3v) is 3.54. The van der Waals surface area contributed by atoms with E-state index in [2.05, 4.69) is 25.0 Å². The SMILES string of the molecule is COC(=O)c1ccc(NC(=O)c2nc(-c3ccccn3)nc(O)c2O)cc1. The van der Waals surface area contributed by atoms with Gasteiger partial charge in [-0.05, 0) is 36.4 Å². The molecule has 0 fully saturated rings. The fourth-order valence-electron chi connectivity index (χ4n) is 2.21. The van der Waals surface area contributed by atoms with Crippen molar-refractivity contribution in [1.82, 2.24) is 15.0 Å². The topological polar surface area (TPSA) is 135 Å². The summed E-state index contributed by atoms with van der Waals surface area (Å²) in [7, 11) is 1.27. The lowest BCUT2D eigenvalue weighted by Gasteiger charge is -2.09. The number of nitrogens with zero attached hydrogens (tertiary/aromatic N) is 3. The van der Waals surface area contributed by atoms with Gasteiger partial charge in [0, 0.05) is 11.9 Å². The van der Waals surface area contributed by atoms with Gasteiger partial charge in [-0.25, -0.2) is 9.78 Å². The first-order valence-electron chi connectivity index (χ1n) is 7.70. The number of aromatic hydroxyl groups is 2. The minimum atomic E-state index is -0.770. The fourth-order valence-corrected chi connectivity index (χ4v) is 2.21. The summed E-state index contributed by atoms with van der Waals surface area (Å²) < 4.78 is 4.60. The van der Waals surface area contributed by atoms with Crippen molar-refractivity contribution in [2.45, 2.75) is 0 Å². The van der Waals surface area contributed by atoms with E-state index in [-0.39, 0.29) is 5.82 Å². The van der Waals surface area contributed by atoms with Crippen molar-refractivity contribution >= 4 is 17.6 Å². The number of anilines is 1. The van der Waals surface area contributed by atoms with Crippen molar-refractivity contribution < 1.29 is 24.5 Å². The van der Waals surface area contributed by atoms with Gasteiger partial charge in [0.25, 0.3) is 11.8 Å². The minimum Gasteiger partial charge on any atom is -0.501 e. The average Bonchev–Trinajstić information content (AvgIpc) is 2.70. The van der Waals surface area contributed by atoms with Gasteiger partial charge < -0.3 is 20.3 Å². The van der Waals surface area contributed by atoms with Crippen LogP contribution in [0.5, 0.6) is 11.6 Å². The maximum absolute atomic E-state index is 12.5. The maximum Gasteiger partial charge on any atom is 0.337 e. The van der Waals surface area contributed by atoms with E-state index >= 15 is 0 Å². The lowest BCUT2D eigenvalue weighted by molar-refractivity contribution is 0.0600. The van der Waals surface area contributed by atoms with Crippen LogP contribution in [0, 0.1) is 0 Å². The first-order valence-corrected chi connectivity index (χ1v) is 7.70. The Bertz CT molecular complexity index is 991. The molecule has 2 heterocycles.